The van der Waals surface area contributed by atoms with Gasteiger partial charge in [0.1, 0.15) is 19.0 Å². The average Bonchev–Trinajstić information content (AvgIpc) is 3.24. The second kappa shape index (κ2) is 8.42. The zero-order chi connectivity index (χ0) is 24.9. The molecule has 0 unspecified atom stereocenters. The number of ether oxygens (including phenoxy) is 2. The molecule has 9 nitrogen and oxygen atoms in total. The molecule has 0 radical (unpaired) electrons. The van der Waals surface area contributed by atoms with Crippen molar-refractivity contribution in [1.29, 1.82) is 0 Å². The first-order valence-corrected chi connectivity index (χ1v) is 11.6. The Hall–Kier alpha value is -3.85. The summed E-state index contributed by atoms with van der Waals surface area (Å²) in [7, 11) is 3.70. The second-order valence-corrected chi connectivity index (χ2v) is 8.95. The van der Waals surface area contributed by atoms with Crippen molar-refractivity contribution >= 4 is 29.0 Å². The van der Waals surface area contributed by atoms with Crippen molar-refractivity contribution in [1.82, 2.24) is 9.80 Å². The lowest BCUT2D eigenvalue weighted by Crippen LogP contribution is -2.53. The van der Waals surface area contributed by atoms with Gasteiger partial charge in [0.2, 0.25) is 0 Å². The van der Waals surface area contributed by atoms with Crippen LogP contribution < -0.4 is 14.4 Å². The van der Waals surface area contributed by atoms with Crippen LogP contribution in [0.15, 0.2) is 48.0 Å². The van der Waals surface area contributed by atoms with E-state index in [4.69, 9.17) is 9.47 Å². The minimum Gasteiger partial charge on any atom is -0.507 e. The number of rotatable bonds is 5. The maximum absolute atomic E-state index is 14.1. The Morgan fingerprint density at radius 2 is 1.77 bits per heavy atom. The van der Waals surface area contributed by atoms with Gasteiger partial charge in [-0.2, -0.15) is 0 Å². The summed E-state index contributed by atoms with van der Waals surface area (Å²) in [4.78, 5) is 45.8. The Bertz CT molecular complexity index is 1270. The van der Waals surface area contributed by atoms with Gasteiger partial charge < -0.3 is 29.3 Å². The Morgan fingerprint density at radius 1 is 1.06 bits per heavy atom. The molecule has 2 aromatic carbocycles. The standard InChI is InChI=1S/C26H27N3O6/c1-4-28-18-8-6-5-7-17(18)26(25(28)33)21(23(31)24(32)29(26)12-11-27(2)3)22(30)16-9-10-19-20(15-16)35-14-13-34-19/h5-10,15,30H,4,11-14H2,1-3H3/t26-/m1/s1. The van der Waals surface area contributed by atoms with Crippen molar-refractivity contribution in [3.05, 3.63) is 59.2 Å². The van der Waals surface area contributed by atoms with E-state index >= 15 is 0 Å². The molecule has 0 aliphatic carbocycles. The maximum Gasteiger partial charge on any atom is 0.296 e. The summed E-state index contributed by atoms with van der Waals surface area (Å²) in [6.45, 7) is 3.51. The molecule has 9 heteroatoms. The minimum absolute atomic E-state index is 0.132. The van der Waals surface area contributed by atoms with E-state index in [-0.39, 0.29) is 17.7 Å². The van der Waals surface area contributed by atoms with E-state index in [0.717, 1.165) is 0 Å². The number of hydrogen-bond acceptors (Lipinski definition) is 7. The zero-order valence-corrected chi connectivity index (χ0v) is 19.9. The van der Waals surface area contributed by atoms with Gasteiger partial charge in [0.25, 0.3) is 17.6 Å². The van der Waals surface area contributed by atoms with Crippen molar-refractivity contribution in [2.45, 2.75) is 12.5 Å². The van der Waals surface area contributed by atoms with Crippen LogP contribution in [0.25, 0.3) is 5.76 Å². The van der Waals surface area contributed by atoms with Crippen molar-refractivity contribution in [2.75, 3.05) is 51.8 Å². The van der Waals surface area contributed by atoms with E-state index in [1.54, 1.807) is 47.4 Å². The summed E-state index contributed by atoms with van der Waals surface area (Å²) >= 11 is 0. The summed E-state index contributed by atoms with van der Waals surface area (Å²) in [6, 6.07) is 11.9. The van der Waals surface area contributed by atoms with Gasteiger partial charge in [-0.1, -0.05) is 18.2 Å². The number of ketones is 1. The quantitative estimate of drug-likeness (QED) is 0.399. The van der Waals surface area contributed by atoms with E-state index in [2.05, 4.69) is 0 Å². The van der Waals surface area contributed by atoms with Gasteiger partial charge in [0, 0.05) is 30.8 Å². The van der Waals surface area contributed by atoms with Crippen LogP contribution in [0.2, 0.25) is 0 Å². The first kappa shape index (κ1) is 22.9. The lowest BCUT2D eigenvalue weighted by atomic mass is 9.82. The monoisotopic (exact) mass is 477 g/mol. The third-order valence-corrected chi connectivity index (χ3v) is 6.71. The molecule has 1 saturated heterocycles. The number of benzene rings is 2. The Kier molecular flexibility index (Phi) is 5.52. The number of nitrogens with zero attached hydrogens (tertiary/aromatic N) is 3. The summed E-state index contributed by atoms with van der Waals surface area (Å²) in [5.41, 5.74) is -0.603. The van der Waals surface area contributed by atoms with Crippen LogP contribution in [0.4, 0.5) is 5.69 Å². The topological polar surface area (TPSA) is 99.6 Å². The molecule has 0 bridgehead atoms. The van der Waals surface area contributed by atoms with Crippen LogP contribution in [-0.4, -0.2) is 79.4 Å². The average molecular weight is 478 g/mol. The highest BCUT2D eigenvalue weighted by Crippen LogP contribution is 2.53. The highest BCUT2D eigenvalue weighted by atomic mass is 16.6. The van der Waals surface area contributed by atoms with Crippen LogP contribution >= 0.6 is 0 Å². The molecule has 1 atom stereocenters. The van der Waals surface area contributed by atoms with Gasteiger partial charge in [0.15, 0.2) is 17.0 Å². The molecule has 2 aromatic rings. The first-order valence-electron chi connectivity index (χ1n) is 11.6. The number of carbonyl (C=O) groups is 3. The molecule has 5 rings (SSSR count). The van der Waals surface area contributed by atoms with Gasteiger partial charge in [0.05, 0.1) is 11.3 Å². The van der Waals surface area contributed by atoms with E-state index < -0.39 is 28.9 Å². The molecular weight excluding hydrogens is 450 g/mol. The number of Topliss-reactive ketones (excluding diaryl/α,β-unsaturated/α-hetero) is 1. The van der Waals surface area contributed by atoms with E-state index in [1.807, 2.05) is 25.9 Å². The van der Waals surface area contributed by atoms with Crippen molar-refractivity contribution in [2.24, 2.45) is 0 Å². The van der Waals surface area contributed by atoms with E-state index in [1.165, 1.54) is 4.90 Å². The van der Waals surface area contributed by atoms with Gasteiger partial charge in [-0.05, 0) is 45.3 Å². The number of carbonyl (C=O) groups excluding carboxylic acids is 3. The van der Waals surface area contributed by atoms with Crippen molar-refractivity contribution in [3.8, 4) is 11.5 Å². The Balaban J connectivity index is 1.78. The molecule has 3 aliphatic rings. The van der Waals surface area contributed by atoms with E-state index in [0.29, 0.717) is 49.1 Å². The van der Waals surface area contributed by atoms with E-state index in [9.17, 15) is 19.5 Å². The maximum atomic E-state index is 14.1. The van der Waals surface area contributed by atoms with Crippen LogP contribution in [0.3, 0.4) is 0 Å². The molecule has 1 fully saturated rings. The molecular formula is C26H27N3O6. The normalized spacial score (nSPS) is 22.5. The van der Waals surface area contributed by atoms with Gasteiger partial charge in [-0.15, -0.1) is 0 Å². The van der Waals surface area contributed by atoms with Crippen molar-refractivity contribution in [3.63, 3.8) is 0 Å². The molecule has 182 valence electrons. The number of likely N-dealkylation sites (N-methyl/N-ethyl adjacent to an activating group) is 2. The predicted octanol–water partition coefficient (Wildman–Crippen LogP) is 1.96. The minimum atomic E-state index is -1.76. The van der Waals surface area contributed by atoms with Gasteiger partial charge >= 0.3 is 0 Å². The number of aliphatic hydroxyl groups excluding tert-OH is 1. The molecule has 0 aromatic heterocycles. The molecule has 2 amide bonds. The number of amides is 2. The molecule has 0 saturated carbocycles. The molecule has 35 heavy (non-hydrogen) atoms. The zero-order valence-electron chi connectivity index (χ0n) is 19.9. The molecule has 3 aliphatic heterocycles. The van der Waals surface area contributed by atoms with Gasteiger partial charge in [-0.3, -0.25) is 14.4 Å². The Morgan fingerprint density at radius 3 is 2.49 bits per heavy atom. The molecule has 1 spiro atoms. The highest BCUT2D eigenvalue weighted by molar-refractivity contribution is 6.50. The largest absolute Gasteiger partial charge is 0.507 e. The van der Waals surface area contributed by atoms with Crippen LogP contribution in [0.1, 0.15) is 18.1 Å². The number of para-hydroxylation sites is 1. The SMILES string of the molecule is CCN1C(=O)[C@]2(C(=C(O)c3ccc4c(c3)OCCO4)C(=O)C(=O)N2CCN(C)C)c2ccccc21. The van der Waals surface area contributed by atoms with Crippen LogP contribution in [0, 0.1) is 0 Å². The number of fused-ring (bicyclic) bond motifs is 3. The summed E-state index contributed by atoms with van der Waals surface area (Å²) in [5.74, 6) is -1.62. The van der Waals surface area contributed by atoms with Crippen LogP contribution in [-0.2, 0) is 19.9 Å². The fourth-order valence-electron chi connectivity index (χ4n) is 5.12. The molecule has 3 heterocycles. The first-order chi connectivity index (χ1) is 16.8. The Labute approximate surface area is 203 Å². The third-order valence-electron chi connectivity index (χ3n) is 6.71. The van der Waals surface area contributed by atoms with Crippen LogP contribution in [0.5, 0.6) is 11.5 Å². The lowest BCUT2D eigenvalue weighted by molar-refractivity contribution is -0.143. The number of likely N-dealkylation sites (tertiary alicyclic amines) is 1. The van der Waals surface area contributed by atoms with Gasteiger partial charge in [-0.25, -0.2) is 0 Å². The number of aliphatic hydroxyl groups is 1. The fourth-order valence-corrected chi connectivity index (χ4v) is 5.12. The molecule has 1 N–H and O–H groups in total. The predicted molar refractivity (Wildman–Crippen MR) is 128 cm³/mol. The number of hydrogen-bond donors (Lipinski definition) is 1. The fraction of sp³-hybridized carbons (Fsp3) is 0.346. The second-order valence-electron chi connectivity index (χ2n) is 8.95. The number of anilines is 1. The summed E-state index contributed by atoms with van der Waals surface area (Å²) < 4.78 is 11.2. The smallest absolute Gasteiger partial charge is 0.296 e. The lowest BCUT2D eigenvalue weighted by Gasteiger charge is -2.35. The third kappa shape index (κ3) is 3.22. The summed E-state index contributed by atoms with van der Waals surface area (Å²) in [5, 5.41) is 11.5. The van der Waals surface area contributed by atoms with Crippen molar-refractivity contribution < 1.29 is 29.0 Å². The highest BCUT2D eigenvalue weighted by Gasteiger charge is 2.66. The summed E-state index contributed by atoms with van der Waals surface area (Å²) in [6.07, 6.45) is 0.